The van der Waals surface area contributed by atoms with Crippen LogP contribution in [0.25, 0.3) is 26.1 Å². The number of carbonyl (C=O) groups excluding carboxylic acids is 1. The number of methoxy groups -OCH3 is 1. The van der Waals surface area contributed by atoms with Crippen molar-refractivity contribution in [1.29, 1.82) is 0 Å². The Hall–Kier alpha value is -3.71. The van der Waals surface area contributed by atoms with Gasteiger partial charge < -0.3 is 10.1 Å². The molecule has 5 aromatic rings. The van der Waals surface area contributed by atoms with Crippen LogP contribution in [-0.2, 0) is 11.2 Å². The molecule has 0 saturated carbocycles. The minimum atomic E-state index is -0.0980. The summed E-state index contributed by atoms with van der Waals surface area (Å²) in [5.41, 5.74) is 2.60. The molecule has 5 rings (SSSR count). The van der Waals surface area contributed by atoms with Crippen molar-refractivity contribution in [2.75, 3.05) is 12.4 Å². The second kappa shape index (κ2) is 7.85. The summed E-state index contributed by atoms with van der Waals surface area (Å²) >= 11 is 1.51. The summed E-state index contributed by atoms with van der Waals surface area (Å²) in [6.07, 6.45) is 0.284. The number of aryl methyl sites for hydroxylation is 1. The van der Waals surface area contributed by atoms with Gasteiger partial charge in [0, 0.05) is 12.1 Å². The van der Waals surface area contributed by atoms with Crippen molar-refractivity contribution >= 4 is 44.1 Å². The quantitative estimate of drug-likeness (QED) is 0.421. The Balaban J connectivity index is 1.40. The molecular weight excluding hydrogens is 408 g/mol. The Morgan fingerprint density at radius 3 is 2.74 bits per heavy atom. The predicted octanol–water partition coefficient (Wildman–Crippen LogP) is 5.13. The molecule has 0 aliphatic carbocycles. The predicted molar refractivity (Wildman–Crippen MR) is 124 cm³/mol. The number of hydrogen-bond acceptors (Lipinski definition) is 5. The number of nitrogens with zero attached hydrogens (tertiary/aromatic N) is 3. The standard InChI is InChI=1S/C24H20N4O2S/c1-15-11-22(26-23(29)13-16-7-8-17-5-3-4-6-18(17)12-16)28(27-15)24-25-20-14-19(30-2)9-10-21(20)31-24/h3-12,14H,13H2,1-2H3,(H,26,29). The molecule has 2 heterocycles. The van der Waals surface area contributed by atoms with Crippen molar-refractivity contribution in [3.63, 3.8) is 0 Å². The summed E-state index contributed by atoms with van der Waals surface area (Å²) in [7, 11) is 1.63. The fourth-order valence-corrected chi connectivity index (χ4v) is 4.48. The van der Waals surface area contributed by atoms with E-state index in [-0.39, 0.29) is 12.3 Å². The maximum absolute atomic E-state index is 12.8. The van der Waals surface area contributed by atoms with Crippen LogP contribution in [0.2, 0.25) is 0 Å². The molecule has 154 valence electrons. The molecule has 7 heteroatoms. The minimum Gasteiger partial charge on any atom is -0.497 e. The van der Waals surface area contributed by atoms with Crippen LogP contribution in [0.4, 0.5) is 5.82 Å². The molecule has 0 spiro atoms. The van der Waals surface area contributed by atoms with Gasteiger partial charge in [-0.2, -0.15) is 9.78 Å². The molecule has 2 aromatic heterocycles. The fourth-order valence-electron chi connectivity index (χ4n) is 3.57. The second-order valence-corrected chi connectivity index (χ2v) is 8.33. The summed E-state index contributed by atoms with van der Waals surface area (Å²) in [6, 6.07) is 21.8. The Kier molecular flexibility index (Phi) is 4.88. The van der Waals surface area contributed by atoms with Crippen molar-refractivity contribution in [3.8, 4) is 10.9 Å². The number of rotatable bonds is 5. The van der Waals surface area contributed by atoms with E-state index in [1.54, 1.807) is 11.8 Å². The lowest BCUT2D eigenvalue weighted by molar-refractivity contribution is -0.115. The lowest BCUT2D eigenvalue weighted by Gasteiger charge is -2.07. The van der Waals surface area contributed by atoms with Gasteiger partial charge in [0.2, 0.25) is 11.0 Å². The van der Waals surface area contributed by atoms with Crippen molar-refractivity contribution in [1.82, 2.24) is 14.8 Å². The van der Waals surface area contributed by atoms with E-state index in [4.69, 9.17) is 4.74 Å². The van der Waals surface area contributed by atoms with Crippen LogP contribution in [0, 0.1) is 6.92 Å². The maximum Gasteiger partial charge on any atom is 0.229 e. The van der Waals surface area contributed by atoms with E-state index in [1.165, 1.54) is 11.3 Å². The van der Waals surface area contributed by atoms with Gasteiger partial charge in [-0.15, -0.1) is 0 Å². The molecule has 0 atom stereocenters. The van der Waals surface area contributed by atoms with Gasteiger partial charge in [-0.1, -0.05) is 53.8 Å². The van der Waals surface area contributed by atoms with Crippen LogP contribution in [0.3, 0.4) is 0 Å². The van der Waals surface area contributed by atoms with E-state index < -0.39 is 0 Å². The number of amides is 1. The monoisotopic (exact) mass is 428 g/mol. The fraction of sp³-hybridized carbons (Fsp3) is 0.125. The van der Waals surface area contributed by atoms with Crippen molar-refractivity contribution in [2.24, 2.45) is 0 Å². The van der Waals surface area contributed by atoms with E-state index in [0.29, 0.717) is 10.9 Å². The summed E-state index contributed by atoms with van der Waals surface area (Å²) in [5, 5.41) is 10.5. The Morgan fingerprint density at radius 1 is 1.06 bits per heavy atom. The van der Waals surface area contributed by atoms with Crippen LogP contribution in [0.1, 0.15) is 11.3 Å². The minimum absolute atomic E-state index is 0.0980. The van der Waals surface area contributed by atoms with Crippen molar-refractivity contribution < 1.29 is 9.53 Å². The third-order valence-corrected chi connectivity index (χ3v) is 6.05. The number of aromatic nitrogens is 3. The SMILES string of the molecule is COc1ccc2sc(-n3nc(C)cc3NC(=O)Cc3ccc4ccccc4c3)nc2c1. The Morgan fingerprint density at radius 2 is 1.90 bits per heavy atom. The van der Waals surface area contributed by atoms with Gasteiger partial charge in [0.1, 0.15) is 11.6 Å². The van der Waals surface area contributed by atoms with Crippen LogP contribution < -0.4 is 10.1 Å². The third kappa shape index (κ3) is 3.87. The topological polar surface area (TPSA) is 69.0 Å². The molecule has 0 fully saturated rings. The highest BCUT2D eigenvalue weighted by atomic mass is 32.1. The number of fused-ring (bicyclic) bond motifs is 2. The largest absolute Gasteiger partial charge is 0.497 e. The molecule has 0 bridgehead atoms. The molecule has 1 amide bonds. The number of hydrogen-bond donors (Lipinski definition) is 1. The first-order valence-corrected chi connectivity index (χ1v) is 10.7. The summed E-state index contributed by atoms with van der Waals surface area (Å²) in [6.45, 7) is 1.89. The molecule has 0 radical (unpaired) electrons. The van der Waals surface area contributed by atoms with E-state index in [1.807, 2.05) is 55.5 Å². The second-order valence-electron chi connectivity index (χ2n) is 7.32. The van der Waals surface area contributed by atoms with Crippen LogP contribution in [0.15, 0.2) is 66.7 Å². The molecule has 0 unspecified atom stereocenters. The zero-order chi connectivity index (χ0) is 21.4. The van der Waals surface area contributed by atoms with Gasteiger partial charge in [-0.25, -0.2) is 4.98 Å². The highest BCUT2D eigenvalue weighted by molar-refractivity contribution is 7.20. The van der Waals surface area contributed by atoms with Crippen molar-refractivity contribution in [3.05, 3.63) is 78.0 Å². The smallest absolute Gasteiger partial charge is 0.229 e. The average Bonchev–Trinajstić information content (AvgIpc) is 3.35. The van der Waals surface area contributed by atoms with Gasteiger partial charge in [0.25, 0.3) is 0 Å². The van der Waals surface area contributed by atoms with Gasteiger partial charge in [-0.05, 0) is 35.4 Å². The first-order valence-electron chi connectivity index (χ1n) is 9.88. The molecule has 0 saturated heterocycles. The van der Waals surface area contributed by atoms with E-state index in [2.05, 4.69) is 33.6 Å². The lowest BCUT2D eigenvalue weighted by Crippen LogP contribution is -2.17. The zero-order valence-corrected chi connectivity index (χ0v) is 17.9. The molecule has 31 heavy (non-hydrogen) atoms. The molecule has 3 aromatic carbocycles. The van der Waals surface area contributed by atoms with Crippen molar-refractivity contribution in [2.45, 2.75) is 13.3 Å². The number of thiazole rings is 1. The van der Waals surface area contributed by atoms with Gasteiger partial charge in [0.15, 0.2) is 0 Å². The summed E-state index contributed by atoms with van der Waals surface area (Å²) in [4.78, 5) is 17.5. The maximum atomic E-state index is 12.8. The highest BCUT2D eigenvalue weighted by Gasteiger charge is 2.15. The lowest BCUT2D eigenvalue weighted by atomic mass is 10.1. The summed E-state index contributed by atoms with van der Waals surface area (Å²) < 4.78 is 8.00. The highest BCUT2D eigenvalue weighted by Crippen LogP contribution is 2.29. The van der Waals surface area contributed by atoms with Crippen LogP contribution in [-0.4, -0.2) is 27.8 Å². The number of benzene rings is 3. The first-order chi connectivity index (χ1) is 15.1. The number of ether oxygens (including phenoxy) is 1. The molecule has 0 aliphatic rings. The molecule has 1 N–H and O–H groups in total. The van der Waals surface area contributed by atoms with Gasteiger partial charge in [-0.3, -0.25) is 4.79 Å². The Labute approximate surface area is 183 Å². The van der Waals surface area contributed by atoms with Crippen LogP contribution in [0.5, 0.6) is 5.75 Å². The Bertz CT molecular complexity index is 1420. The van der Waals surface area contributed by atoms with Crippen LogP contribution >= 0.6 is 11.3 Å². The zero-order valence-electron chi connectivity index (χ0n) is 17.1. The number of anilines is 1. The van der Waals surface area contributed by atoms with E-state index in [0.717, 1.165) is 38.0 Å². The number of nitrogens with one attached hydrogen (secondary N) is 1. The summed E-state index contributed by atoms with van der Waals surface area (Å²) in [5.74, 6) is 1.26. The van der Waals surface area contributed by atoms with Gasteiger partial charge >= 0.3 is 0 Å². The molecule has 6 nitrogen and oxygen atoms in total. The first kappa shape index (κ1) is 19.3. The molecule has 0 aliphatic heterocycles. The van der Waals surface area contributed by atoms with Gasteiger partial charge in [0.05, 0.1) is 29.4 Å². The molecular formula is C24H20N4O2S. The third-order valence-electron chi connectivity index (χ3n) is 5.04. The number of carbonyl (C=O) groups is 1. The normalized spacial score (nSPS) is 11.2. The average molecular weight is 429 g/mol. The van der Waals surface area contributed by atoms with E-state index in [9.17, 15) is 4.79 Å². The van der Waals surface area contributed by atoms with E-state index >= 15 is 0 Å².